The monoisotopic (exact) mass is 353 g/mol. The molecule has 2 N–H and O–H groups in total. The zero-order chi connectivity index (χ0) is 17.6. The van der Waals surface area contributed by atoms with Gasteiger partial charge in [-0.05, 0) is 54.6 Å². The Morgan fingerprint density at radius 3 is 2.48 bits per heavy atom. The van der Waals surface area contributed by atoms with E-state index in [4.69, 9.17) is 16.3 Å². The summed E-state index contributed by atoms with van der Waals surface area (Å²) in [5, 5.41) is 6.51. The van der Waals surface area contributed by atoms with Gasteiger partial charge in [0.15, 0.2) is 0 Å². The number of ether oxygens (including phenoxy) is 1. The predicted octanol–water partition coefficient (Wildman–Crippen LogP) is 4.74. The molecule has 0 aliphatic heterocycles. The number of carbonyl (C=O) groups is 1. The van der Waals surface area contributed by atoms with Crippen LogP contribution in [-0.2, 0) is 0 Å². The van der Waals surface area contributed by atoms with Crippen LogP contribution < -0.4 is 15.4 Å². The van der Waals surface area contributed by atoms with Crippen LogP contribution in [0.4, 0.5) is 17.2 Å². The van der Waals surface area contributed by atoms with Gasteiger partial charge in [-0.15, -0.1) is 0 Å². The third kappa shape index (κ3) is 4.49. The highest BCUT2D eigenvalue weighted by Crippen LogP contribution is 2.19. The van der Waals surface area contributed by atoms with Gasteiger partial charge < -0.3 is 15.4 Å². The molecule has 5 nitrogen and oxygen atoms in total. The molecule has 0 bridgehead atoms. The fourth-order valence-corrected chi connectivity index (χ4v) is 2.38. The smallest absolute Gasteiger partial charge is 0.257 e. The summed E-state index contributed by atoms with van der Waals surface area (Å²) in [7, 11) is 1.62. The molecule has 3 rings (SSSR count). The maximum atomic E-state index is 12.2. The summed E-state index contributed by atoms with van der Waals surface area (Å²) >= 11 is 5.91. The zero-order valence-electron chi connectivity index (χ0n) is 13.5. The molecule has 25 heavy (non-hydrogen) atoms. The molecule has 1 amide bonds. The molecule has 0 radical (unpaired) electrons. The summed E-state index contributed by atoms with van der Waals surface area (Å²) in [6.45, 7) is 0. The minimum atomic E-state index is -0.245. The van der Waals surface area contributed by atoms with E-state index in [9.17, 15) is 4.79 Å². The Kier molecular flexibility index (Phi) is 5.16. The van der Waals surface area contributed by atoms with E-state index < -0.39 is 0 Å². The van der Waals surface area contributed by atoms with Crippen molar-refractivity contribution in [2.45, 2.75) is 0 Å². The Bertz CT molecular complexity index is 865. The number of aromatic nitrogens is 1. The highest BCUT2D eigenvalue weighted by Gasteiger charge is 2.07. The number of nitrogens with zero attached hydrogens (tertiary/aromatic N) is 1. The number of anilines is 3. The van der Waals surface area contributed by atoms with Gasteiger partial charge in [-0.25, -0.2) is 4.98 Å². The van der Waals surface area contributed by atoms with Gasteiger partial charge in [-0.2, -0.15) is 0 Å². The minimum Gasteiger partial charge on any atom is -0.497 e. The Morgan fingerprint density at radius 1 is 1.04 bits per heavy atom. The number of methoxy groups -OCH3 is 1. The Morgan fingerprint density at radius 2 is 1.84 bits per heavy atom. The first-order valence-electron chi connectivity index (χ1n) is 7.58. The van der Waals surface area contributed by atoms with E-state index in [0.717, 1.165) is 11.4 Å². The number of hydrogen-bond donors (Lipinski definition) is 2. The summed E-state index contributed by atoms with van der Waals surface area (Å²) < 4.78 is 5.12. The summed E-state index contributed by atoms with van der Waals surface area (Å²) in [4.78, 5) is 16.5. The Balaban J connectivity index is 1.65. The average molecular weight is 354 g/mol. The molecule has 6 heteroatoms. The molecule has 0 spiro atoms. The molecule has 0 saturated carbocycles. The quantitative estimate of drug-likeness (QED) is 0.695. The maximum Gasteiger partial charge on any atom is 0.257 e. The van der Waals surface area contributed by atoms with E-state index in [2.05, 4.69) is 15.6 Å². The van der Waals surface area contributed by atoms with Crippen LogP contribution in [0.3, 0.4) is 0 Å². The number of nitrogens with one attached hydrogen (secondary N) is 2. The highest BCUT2D eigenvalue weighted by molar-refractivity contribution is 6.30. The Labute approximate surface area is 150 Å². The second-order valence-corrected chi connectivity index (χ2v) is 5.69. The molecule has 0 atom stereocenters. The number of hydrogen-bond acceptors (Lipinski definition) is 4. The molecule has 1 heterocycles. The summed E-state index contributed by atoms with van der Waals surface area (Å²) in [6, 6.07) is 17.9. The van der Waals surface area contributed by atoms with Crippen molar-refractivity contribution in [2.24, 2.45) is 0 Å². The molecular formula is C19H16ClN3O2. The topological polar surface area (TPSA) is 63.2 Å². The molecule has 0 aliphatic rings. The van der Waals surface area contributed by atoms with E-state index in [-0.39, 0.29) is 5.91 Å². The van der Waals surface area contributed by atoms with Crippen molar-refractivity contribution in [1.82, 2.24) is 4.98 Å². The van der Waals surface area contributed by atoms with Crippen LogP contribution in [-0.4, -0.2) is 18.0 Å². The second-order valence-electron chi connectivity index (χ2n) is 5.25. The summed E-state index contributed by atoms with van der Waals surface area (Å²) in [5.41, 5.74) is 1.97. The molecule has 0 unspecified atom stereocenters. The van der Waals surface area contributed by atoms with Crippen molar-refractivity contribution in [2.75, 3.05) is 17.7 Å². The number of carbonyl (C=O) groups excluding carboxylic acids is 1. The maximum absolute atomic E-state index is 12.2. The zero-order valence-corrected chi connectivity index (χ0v) is 14.2. The summed E-state index contributed by atoms with van der Waals surface area (Å²) in [6.07, 6.45) is 1.52. The lowest BCUT2D eigenvalue weighted by Crippen LogP contribution is -2.12. The van der Waals surface area contributed by atoms with E-state index in [1.165, 1.54) is 6.20 Å². The van der Waals surface area contributed by atoms with Gasteiger partial charge in [0.25, 0.3) is 5.91 Å². The molecular weight excluding hydrogens is 338 g/mol. The van der Waals surface area contributed by atoms with Gasteiger partial charge in [0.05, 0.1) is 12.7 Å². The van der Waals surface area contributed by atoms with Crippen LogP contribution in [0.1, 0.15) is 10.4 Å². The van der Waals surface area contributed by atoms with E-state index in [0.29, 0.717) is 22.1 Å². The lowest BCUT2D eigenvalue weighted by Gasteiger charge is -2.08. The first-order valence-corrected chi connectivity index (χ1v) is 7.96. The molecule has 126 valence electrons. The third-order valence-electron chi connectivity index (χ3n) is 3.47. The normalized spacial score (nSPS) is 10.2. The number of rotatable bonds is 5. The van der Waals surface area contributed by atoms with Gasteiger partial charge in [0.2, 0.25) is 0 Å². The van der Waals surface area contributed by atoms with Crippen molar-refractivity contribution >= 4 is 34.7 Å². The predicted molar refractivity (Wildman–Crippen MR) is 99.9 cm³/mol. The fraction of sp³-hybridized carbons (Fsp3) is 0.0526. The Hall–Kier alpha value is -3.05. The second kappa shape index (κ2) is 7.68. The van der Waals surface area contributed by atoms with Crippen molar-refractivity contribution in [1.29, 1.82) is 0 Å². The molecule has 2 aromatic carbocycles. The van der Waals surface area contributed by atoms with Gasteiger partial charge >= 0.3 is 0 Å². The van der Waals surface area contributed by atoms with Crippen molar-refractivity contribution < 1.29 is 9.53 Å². The van der Waals surface area contributed by atoms with Crippen molar-refractivity contribution in [3.63, 3.8) is 0 Å². The highest BCUT2D eigenvalue weighted by atomic mass is 35.5. The molecule has 0 aliphatic carbocycles. The van der Waals surface area contributed by atoms with Crippen LogP contribution in [0.25, 0.3) is 0 Å². The average Bonchev–Trinajstić information content (AvgIpc) is 2.63. The lowest BCUT2D eigenvalue weighted by atomic mass is 10.2. The molecule has 0 saturated heterocycles. The lowest BCUT2D eigenvalue weighted by molar-refractivity contribution is 0.102. The molecule has 1 aromatic heterocycles. The van der Waals surface area contributed by atoms with Gasteiger partial charge in [0.1, 0.15) is 11.6 Å². The van der Waals surface area contributed by atoms with Crippen LogP contribution >= 0.6 is 11.6 Å². The molecule has 3 aromatic rings. The van der Waals surface area contributed by atoms with Crippen LogP contribution in [0.15, 0.2) is 66.9 Å². The summed E-state index contributed by atoms with van der Waals surface area (Å²) in [5.74, 6) is 1.18. The molecule has 0 fully saturated rings. The minimum absolute atomic E-state index is 0.245. The van der Waals surface area contributed by atoms with E-state index in [1.807, 2.05) is 24.3 Å². The van der Waals surface area contributed by atoms with Crippen molar-refractivity contribution in [3.8, 4) is 5.75 Å². The van der Waals surface area contributed by atoms with Gasteiger partial charge in [-0.1, -0.05) is 17.7 Å². The number of pyridine rings is 1. The largest absolute Gasteiger partial charge is 0.497 e. The SMILES string of the molecule is COc1ccc(Nc2ccc(C(=O)Nc3cccc(Cl)c3)cn2)cc1. The third-order valence-corrected chi connectivity index (χ3v) is 3.71. The first kappa shape index (κ1) is 16.8. The fourth-order valence-electron chi connectivity index (χ4n) is 2.19. The van der Waals surface area contributed by atoms with Crippen LogP contribution in [0.2, 0.25) is 5.02 Å². The van der Waals surface area contributed by atoms with E-state index in [1.54, 1.807) is 43.5 Å². The van der Waals surface area contributed by atoms with Crippen molar-refractivity contribution in [3.05, 3.63) is 77.4 Å². The standard InChI is InChI=1S/C19H16ClN3O2/c1-25-17-8-6-15(7-9-17)22-18-10-5-13(12-21-18)19(24)23-16-4-2-3-14(20)11-16/h2-12H,1H3,(H,21,22)(H,23,24). The number of halogens is 1. The van der Waals surface area contributed by atoms with Gasteiger partial charge in [-0.3, -0.25) is 4.79 Å². The van der Waals surface area contributed by atoms with Gasteiger partial charge in [0, 0.05) is 22.6 Å². The first-order chi connectivity index (χ1) is 12.1. The van der Waals surface area contributed by atoms with E-state index >= 15 is 0 Å². The van der Waals surface area contributed by atoms with Crippen LogP contribution in [0.5, 0.6) is 5.75 Å². The number of benzene rings is 2. The van der Waals surface area contributed by atoms with Crippen LogP contribution in [0, 0.1) is 0 Å². The number of amides is 1.